The van der Waals surface area contributed by atoms with Crippen LogP contribution in [0.2, 0.25) is 0 Å². The molecule has 1 amide bonds. The minimum atomic E-state index is -3.91. The van der Waals surface area contributed by atoms with Crippen molar-refractivity contribution in [1.82, 2.24) is 9.80 Å². The number of carbonyl (C=O) groups excluding carboxylic acids is 1. The standard InChI is InChI=1S/C28H33N3O3S/c1-22-9-11-27(12-10-22)35(33,34)31(26-18-23(2)17-24(3)19-26)21-28(32)30-15-13-29(14-16-30)20-25-7-5-4-6-8-25/h4-12,17-19H,13-16,20-21H2,1-3H3. The van der Waals surface area contributed by atoms with Crippen molar-refractivity contribution < 1.29 is 13.2 Å². The first kappa shape index (κ1) is 24.9. The molecule has 1 heterocycles. The van der Waals surface area contributed by atoms with E-state index in [4.69, 9.17) is 0 Å². The van der Waals surface area contributed by atoms with E-state index in [0.717, 1.165) is 36.3 Å². The summed E-state index contributed by atoms with van der Waals surface area (Å²) in [5.74, 6) is -0.181. The number of nitrogens with zero attached hydrogens (tertiary/aromatic N) is 3. The fourth-order valence-corrected chi connectivity index (χ4v) is 5.86. The van der Waals surface area contributed by atoms with Crippen molar-refractivity contribution >= 4 is 21.6 Å². The second-order valence-electron chi connectivity index (χ2n) is 9.31. The van der Waals surface area contributed by atoms with Crippen LogP contribution in [0.25, 0.3) is 0 Å². The van der Waals surface area contributed by atoms with Crippen molar-refractivity contribution in [2.24, 2.45) is 0 Å². The average Bonchev–Trinajstić information content (AvgIpc) is 2.83. The molecule has 6 nitrogen and oxygen atoms in total. The quantitative estimate of drug-likeness (QED) is 0.498. The SMILES string of the molecule is Cc1ccc(S(=O)(=O)N(CC(=O)N2CCN(Cc3ccccc3)CC2)c2cc(C)cc(C)c2)cc1. The summed E-state index contributed by atoms with van der Waals surface area (Å²) >= 11 is 0. The fourth-order valence-electron chi connectivity index (χ4n) is 4.47. The maximum absolute atomic E-state index is 13.7. The molecular formula is C28H33N3O3S. The van der Waals surface area contributed by atoms with Gasteiger partial charge in [0.05, 0.1) is 10.6 Å². The summed E-state index contributed by atoms with van der Waals surface area (Å²) in [7, 11) is -3.91. The summed E-state index contributed by atoms with van der Waals surface area (Å²) in [6.45, 7) is 9.08. The van der Waals surface area contributed by atoms with Crippen molar-refractivity contribution in [3.63, 3.8) is 0 Å². The summed E-state index contributed by atoms with van der Waals surface area (Å²) in [6.07, 6.45) is 0. The van der Waals surface area contributed by atoms with Gasteiger partial charge in [-0.25, -0.2) is 8.42 Å². The van der Waals surface area contributed by atoms with Gasteiger partial charge in [0.15, 0.2) is 0 Å². The molecule has 0 spiro atoms. The molecule has 0 saturated carbocycles. The summed E-state index contributed by atoms with van der Waals surface area (Å²) in [5.41, 5.74) is 4.64. The predicted octanol–water partition coefficient (Wildman–Crippen LogP) is 4.15. The molecule has 0 radical (unpaired) electrons. The summed E-state index contributed by atoms with van der Waals surface area (Å²) in [5, 5.41) is 0. The zero-order valence-corrected chi connectivity index (χ0v) is 21.5. The molecule has 0 aromatic heterocycles. The molecule has 1 fully saturated rings. The van der Waals surface area contributed by atoms with Crippen LogP contribution in [0.4, 0.5) is 5.69 Å². The molecule has 1 saturated heterocycles. The monoisotopic (exact) mass is 491 g/mol. The molecular weight excluding hydrogens is 458 g/mol. The van der Waals surface area contributed by atoms with Crippen LogP contribution in [0.15, 0.2) is 77.7 Å². The van der Waals surface area contributed by atoms with Crippen LogP contribution in [0, 0.1) is 20.8 Å². The number of hydrogen-bond acceptors (Lipinski definition) is 4. The Morgan fingerprint density at radius 1 is 0.800 bits per heavy atom. The number of anilines is 1. The molecule has 1 aliphatic rings. The van der Waals surface area contributed by atoms with Crippen molar-refractivity contribution in [3.05, 3.63) is 95.1 Å². The minimum Gasteiger partial charge on any atom is -0.339 e. The Labute approximate surface area is 208 Å². The van der Waals surface area contributed by atoms with Crippen LogP contribution >= 0.6 is 0 Å². The van der Waals surface area contributed by atoms with Crippen LogP contribution in [0.5, 0.6) is 0 Å². The van der Waals surface area contributed by atoms with Gasteiger partial charge in [-0.1, -0.05) is 54.1 Å². The lowest BCUT2D eigenvalue weighted by Gasteiger charge is -2.36. The zero-order valence-electron chi connectivity index (χ0n) is 20.6. The molecule has 1 aliphatic heterocycles. The third-order valence-electron chi connectivity index (χ3n) is 6.36. The molecule has 7 heteroatoms. The highest BCUT2D eigenvalue weighted by molar-refractivity contribution is 7.92. The molecule has 0 N–H and O–H groups in total. The van der Waals surface area contributed by atoms with Gasteiger partial charge in [-0.2, -0.15) is 0 Å². The summed E-state index contributed by atoms with van der Waals surface area (Å²) in [4.78, 5) is 17.6. The van der Waals surface area contributed by atoms with Crippen molar-refractivity contribution in [1.29, 1.82) is 0 Å². The van der Waals surface area contributed by atoms with Gasteiger partial charge >= 0.3 is 0 Å². The molecule has 0 aliphatic carbocycles. The average molecular weight is 492 g/mol. The number of hydrogen-bond donors (Lipinski definition) is 0. The molecule has 3 aromatic carbocycles. The van der Waals surface area contributed by atoms with Gasteiger partial charge in [-0.3, -0.25) is 14.0 Å². The number of piperazine rings is 1. The predicted molar refractivity (Wildman–Crippen MR) is 140 cm³/mol. The Morgan fingerprint density at radius 2 is 1.40 bits per heavy atom. The number of aryl methyl sites for hydroxylation is 3. The minimum absolute atomic E-state index is 0.181. The molecule has 0 unspecified atom stereocenters. The lowest BCUT2D eigenvalue weighted by molar-refractivity contribution is -0.131. The summed E-state index contributed by atoms with van der Waals surface area (Å²) in [6, 6.07) is 22.7. The third kappa shape index (κ3) is 6.10. The topological polar surface area (TPSA) is 60.9 Å². The molecule has 4 rings (SSSR count). The first-order valence-electron chi connectivity index (χ1n) is 11.9. The van der Waals surface area contributed by atoms with Gasteiger partial charge in [0.2, 0.25) is 5.91 Å². The van der Waals surface area contributed by atoms with Crippen LogP contribution in [0.1, 0.15) is 22.3 Å². The first-order valence-corrected chi connectivity index (χ1v) is 13.4. The van der Waals surface area contributed by atoms with Gasteiger partial charge < -0.3 is 4.90 Å². The normalized spacial score (nSPS) is 14.7. The Kier molecular flexibility index (Phi) is 7.57. The maximum atomic E-state index is 13.7. The van der Waals surface area contributed by atoms with Gasteiger partial charge in [0.25, 0.3) is 10.0 Å². The van der Waals surface area contributed by atoms with Gasteiger partial charge in [0.1, 0.15) is 6.54 Å². The van der Waals surface area contributed by atoms with Gasteiger partial charge in [-0.05, 0) is 61.7 Å². The summed E-state index contributed by atoms with van der Waals surface area (Å²) < 4.78 is 28.6. The van der Waals surface area contributed by atoms with Crippen LogP contribution in [-0.2, 0) is 21.4 Å². The Balaban J connectivity index is 1.52. The van der Waals surface area contributed by atoms with E-state index in [-0.39, 0.29) is 17.3 Å². The smallest absolute Gasteiger partial charge is 0.264 e. The highest BCUT2D eigenvalue weighted by Gasteiger charge is 2.30. The number of amides is 1. The molecule has 3 aromatic rings. The van der Waals surface area contributed by atoms with Crippen LogP contribution in [0.3, 0.4) is 0 Å². The largest absolute Gasteiger partial charge is 0.339 e. The third-order valence-corrected chi connectivity index (χ3v) is 8.14. The lowest BCUT2D eigenvalue weighted by atomic mass is 10.1. The lowest BCUT2D eigenvalue weighted by Crippen LogP contribution is -2.51. The fraction of sp³-hybridized carbons (Fsp3) is 0.321. The van der Waals surface area contributed by atoms with E-state index >= 15 is 0 Å². The first-order chi connectivity index (χ1) is 16.7. The molecule has 184 valence electrons. The highest BCUT2D eigenvalue weighted by atomic mass is 32.2. The molecule has 0 bridgehead atoms. The van der Waals surface area contributed by atoms with Crippen molar-refractivity contribution in [2.45, 2.75) is 32.2 Å². The van der Waals surface area contributed by atoms with Crippen LogP contribution < -0.4 is 4.31 Å². The van der Waals surface area contributed by atoms with E-state index in [1.807, 2.05) is 57.2 Å². The van der Waals surface area contributed by atoms with Gasteiger partial charge in [0, 0.05) is 32.7 Å². The number of sulfonamides is 1. The van der Waals surface area contributed by atoms with Gasteiger partial charge in [-0.15, -0.1) is 0 Å². The van der Waals surface area contributed by atoms with E-state index in [0.29, 0.717) is 18.8 Å². The molecule has 0 atom stereocenters. The van der Waals surface area contributed by atoms with Crippen LogP contribution in [-0.4, -0.2) is 56.8 Å². The number of rotatable bonds is 7. The number of benzene rings is 3. The zero-order chi connectivity index (χ0) is 25.0. The Morgan fingerprint density at radius 3 is 2.00 bits per heavy atom. The Hall–Kier alpha value is -3.16. The second-order valence-corrected chi connectivity index (χ2v) is 11.2. The van der Waals surface area contributed by atoms with E-state index in [2.05, 4.69) is 17.0 Å². The highest BCUT2D eigenvalue weighted by Crippen LogP contribution is 2.26. The van der Waals surface area contributed by atoms with E-state index in [1.165, 1.54) is 9.87 Å². The Bertz CT molecular complexity index is 1250. The van der Waals surface area contributed by atoms with E-state index in [1.54, 1.807) is 29.2 Å². The van der Waals surface area contributed by atoms with Crippen molar-refractivity contribution in [2.75, 3.05) is 37.0 Å². The van der Waals surface area contributed by atoms with E-state index in [9.17, 15) is 13.2 Å². The van der Waals surface area contributed by atoms with E-state index < -0.39 is 10.0 Å². The maximum Gasteiger partial charge on any atom is 0.264 e. The van der Waals surface area contributed by atoms with Crippen molar-refractivity contribution in [3.8, 4) is 0 Å². The second kappa shape index (κ2) is 10.6. The number of carbonyl (C=O) groups is 1. The molecule has 35 heavy (non-hydrogen) atoms.